The van der Waals surface area contributed by atoms with Crippen molar-refractivity contribution >= 4 is 11.7 Å². The molecule has 2 heterocycles. The maximum atomic E-state index is 13.3. The lowest BCUT2D eigenvalue weighted by Crippen LogP contribution is -2.39. The van der Waals surface area contributed by atoms with E-state index >= 15 is 0 Å². The van der Waals surface area contributed by atoms with Crippen LogP contribution in [0.1, 0.15) is 36.0 Å². The molecule has 0 bridgehead atoms. The highest BCUT2D eigenvalue weighted by Gasteiger charge is 2.53. The van der Waals surface area contributed by atoms with E-state index in [2.05, 4.69) is 10.2 Å². The summed E-state index contributed by atoms with van der Waals surface area (Å²) >= 11 is 0. The maximum absolute atomic E-state index is 13.3. The summed E-state index contributed by atoms with van der Waals surface area (Å²) in [6.45, 7) is 1.76. The van der Waals surface area contributed by atoms with Gasteiger partial charge >= 0.3 is 5.97 Å². The average Bonchev–Trinajstić information content (AvgIpc) is 3.31. The van der Waals surface area contributed by atoms with E-state index in [4.69, 9.17) is 0 Å². The van der Waals surface area contributed by atoms with Crippen molar-refractivity contribution in [2.45, 2.75) is 43.7 Å². The summed E-state index contributed by atoms with van der Waals surface area (Å²) in [5.74, 6) is -1.23. The lowest BCUT2D eigenvalue weighted by Gasteiger charge is -2.30. The molecule has 0 radical (unpaired) electrons. The van der Waals surface area contributed by atoms with Crippen LogP contribution in [0.2, 0.25) is 0 Å². The molecule has 3 rings (SSSR count). The van der Waals surface area contributed by atoms with Crippen LogP contribution in [-0.2, 0) is 5.54 Å². The maximum Gasteiger partial charge on any atom is 0.339 e. The van der Waals surface area contributed by atoms with Crippen LogP contribution in [0.15, 0.2) is 17.1 Å². The number of carboxylic acid groups (broad SMARTS) is 1. The number of anilines is 1. The molecule has 6 nitrogen and oxygen atoms in total. The van der Waals surface area contributed by atoms with E-state index in [0.717, 1.165) is 42.8 Å². The SMILES string of the molecule is CN1CCC(Nc2cc(=O)n(C3(C(F)F)CC3)cc2C(=O)O)CC1. The minimum atomic E-state index is -2.69. The lowest BCUT2D eigenvalue weighted by molar-refractivity contribution is 0.0630. The molecule has 8 heteroatoms. The van der Waals surface area contributed by atoms with Crippen LogP contribution < -0.4 is 10.9 Å². The molecule has 1 aromatic heterocycles. The molecular formula is C16H21F2N3O3. The van der Waals surface area contributed by atoms with Crippen molar-refractivity contribution in [3.63, 3.8) is 0 Å². The Labute approximate surface area is 138 Å². The zero-order valence-corrected chi connectivity index (χ0v) is 13.5. The lowest BCUT2D eigenvalue weighted by atomic mass is 10.0. The Morgan fingerprint density at radius 2 is 2.00 bits per heavy atom. The van der Waals surface area contributed by atoms with Gasteiger partial charge in [-0.25, -0.2) is 13.6 Å². The minimum absolute atomic E-state index is 0.0690. The first-order valence-electron chi connectivity index (χ1n) is 8.07. The summed E-state index contributed by atoms with van der Waals surface area (Å²) in [4.78, 5) is 26.0. The molecule has 24 heavy (non-hydrogen) atoms. The Balaban J connectivity index is 1.91. The third-order valence-corrected chi connectivity index (χ3v) is 5.01. The van der Waals surface area contributed by atoms with Crippen LogP contribution in [-0.4, -0.2) is 53.1 Å². The Morgan fingerprint density at radius 1 is 1.38 bits per heavy atom. The summed E-state index contributed by atoms with van der Waals surface area (Å²) in [5.41, 5.74) is -2.05. The van der Waals surface area contributed by atoms with Gasteiger partial charge in [-0.3, -0.25) is 4.79 Å². The number of likely N-dealkylation sites (tertiary alicyclic amines) is 1. The summed E-state index contributed by atoms with van der Waals surface area (Å²) < 4.78 is 27.4. The highest BCUT2D eigenvalue weighted by atomic mass is 19.3. The van der Waals surface area contributed by atoms with E-state index in [1.54, 1.807) is 0 Å². The van der Waals surface area contributed by atoms with Crippen LogP contribution in [0.25, 0.3) is 0 Å². The number of piperidine rings is 1. The molecule has 2 N–H and O–H groups in total. The summed E-state index contributed by atoms with van der Waals surface area (Å²) in [6, 6.07) is 1.21. The smallest absolute Gasteiger partial charge is 0.339 e. The van der Waals surface area contributed by atoms with Gasteiger partial charge in [-0.15, -0.1) is 0 Å². The van der Waals surface area contributed by atoms with E-state index in [1.165, 1.54) is 0 Å². The number of hydrogen-bond donors (Lipinski definition) is 2. The van der Waals surface area contributed by atoms with E-state index in [0.29, 0.717) is 0 Å². The monoisotopic (exact) mass is 341 g/mol. The number of halogens is 2. The number of pyridine rings is 1. The van der Waals surface area contributed by atoms with Gasteiger partial charge in [0, 0.05) is 18.3 Å². The third kappa shape index (κ3) is 3.02. The molecule has 0 amide bonds. The minimum Gasteiger partial charge on any atom is -0.478 e. The molecule has 1 aliphatic carbocycles. The fraction of sp³-hybridized carbons (Fsp3) is 0.625. The molecule has 1 saturated heterocycles. The van der Waals surface area contributed by atoms with E-state index in [9.17, 15) is 23.5 Å². The second-order valence-corrected chi connectivity index (χ2v) is 6.74. The van der Waals surface area contributed by atoms with Gasteiger partial charge in [-0.1, -0.05) is 0 Å². The molecule has 132 valence electrons. The standard InChI is InChI=1S/C16H21F2N3O3/c1-20-6-2-10(3-7-20)19-12-8-13(22)21(9-11(12)14(23)24)16(4-5-16)15(17)18/h8-10,15,19H,2-7H2,1H3,(H,23,24). The molecule has 1 aliphatic heterocycles. The number of carboxylic acids is 1. The second-order valence-electron chi connectivity index (χ2n) is 6.74. The summed E-state index contributed by atoms with van der Waals surface area (Å²) in [6.07, 6.45) is 0.418. The van der Waals surface area contributed by atoms with Gasteiger partial charge in [-0.05, 0) is 45.8 Å². The van der Waals surface area contributed by atoms with Gasteiger partial charge in [0.2, 0.25) is 0 Å². The first-order chi connectivity index (χ1) is 11.3. The van der Waals surface area contributed by atoms with Crippen molar-refractivity contribution in [2.24, 2.45) is 0 Å². The number of aromatic nitrogens is 1. The van der Waals surface area contributed by atoms with Crippen molar-refractivity contribution in [2.75, 3.05) is 25.5 Å². The zero-order chi connectivity index (χ0) is 17.5. The molecule has 1 saturated carbocycles. The Bertz CT molecular complexity index is 692. The number of nitrogens with one attached hydrogen (secondary N) is 1. The van der Waals surface area contributed by atoms with Crippen molar-refractivity contribution in [3.05, 3.63) is 28.2 Å². The van der Waals surface area contributed by atoms with Crippen LogP contribution in [0.5, 0.6) is 0 Å². The number of carbonyl (C=O) groups is 1. The second kappa shape index (κ2) is 6.16. The van der Waals surface area contributed by atoms with Crippen molar-refractivity contribution in [1.82, 2.24) is 9.47 Å². The first kappa shape index (κ1) is 16.9. The molecule has 2 fully saturated rings. The highest BCUT2D eigenvalue weighted by Crippen LogP contribution is 2.47. The van der Waals surface area contributed by atoms with E-state index < -0.39 is 23.5 Å². The summed E-state index contributed by atoms with van der Waals surface area (Å²) in [7, 11) is 2.01. The van der Waals surface area contributed by atoms with Crippen LogP contribution >= 0.6 is 0 Å². The molecule has 0 atom stereocenters. The largest absolute Gasteiger partial charge is 0.478 e. The predicted molar refractivity (Wildman–Crippen MR) is 85.0 cm³/mol. The molecule has 2 aliphatic rings. The average molecular weight is 341 g/mol. The van der Waals surface area contributed by atoms with E-state index in [1.807, 2.05) is 7.05 Å². The van der Waals surface area contributed by atoms with Gasteiger partial charge in [0.15, 0.2) is 0 Å². The van der Waals surface area contributed by atoms with Gasteiger partial charge in [-0.2, -0.15) is 0 Å². The van der Waals surface area contributed by atoms with Gasteiger partial charge < -0.3 is 19.9 Å². The third-order valence-electron chi connectivity index (χ3n) is 5.01. The van der Waals surface area contributed by atoms with Gasteiger partial charge in [0.25, 0.3) is 12.0 Å². The number of nitrogens with zero attached hydrogens (tertiary/aromatic N) is 2. The van der Waals surface area contributed by atoms with Crippen molar-refractivity contribution in [3.8, 4) is 0 Å². The van der Waals surface area contributed by atoms with Crippen LogP contribution in [0.4, 0.5) is 14.5 Å². The fourth-order valence-corrected chi connectivity index (χ4v) is 3.24. The Kier molecular flexibility index (Phi) is 4.33. The first-order valence-corrected chi connectivity index (χ1v) is 8.07. The van der Waals surface area contributed by atoms with Crippen LogP contribution in [0, 0.1) is 0 Å². The fourth-order valence-electron chi connectivity index (χ4n) is 3.24. The van der Waals surface area contributed by atoms with Gasteiger partial charge in [0.05, 0.1) is 11.3 Å². The number of aromatic carboxylic acids is 1. The zero-order valence-electron chi connectivity index (χ0n) is 13.5. The molecule has 0 unspecified atom stereocenters. The molecule has 0 aromatic carbocycles. The normalized spacial score (nSPS) is 21.0. The van der Waals surface area contributed by atoms with Gasteiger partial charge in [0.1, 0.15) is 5.54 Å². The number of alkyl halides is 2. The predicted octanol–water partition coefficient (Wildman–Crippen LogP) is 1.81. The van der Waals surface area contributed by atoms with Crippen molar-refractivity contribution in [1.29, 1.82) is 0 Å². The quantitative estimate of drug-likeness (QED) is 0.854. The number of hydrogen-bond acceptors (Lipinski definition) is 4. The highest BCUT2D eigenvalue weighted by molar-refractivity contribution is 5.93. The topological polar surface area (TPSA) is 74.6 Å². The van der Waals surface area contributed by atoms with Crippen molar-refractivity contribution < 1.29 is 18.7 Å². The van der Waals surface area contributed by atoms with E-state index in [-0.39, 0.29) is 30.1 Å². The molecular weight excluding hydrogens is 320 g/mol. The summed E-state index contributed by atoms with van der Waals surface area (Å²) in [5, 5.41) is 12.5. The molecule has 1 aromatic rings. The number of rotatable bonds is 5. The Morgan fingerprint density at radius 3 is 2.50 bits per heavy atom. The Hall–Kier alpha value is -1.96. The van der Waals surface area contributed by atoms with Crippen LogP contribution in [0.3, 0.4) is 0 Å². The molecule has 0 spiro atoms.